The van der Waals surface area contributed by atoms with Crippen molar-refractivity contribution in [3.63, 3.8) is 0 Å². The van der Waals surface area contributed by atoms with Crippen LogP contribution in [0.5, 0.6) is 5.75 Å². The van der Waals surface area contributed by atoms with E-state index in [1.54, 1.807) is 6.08 Å². The predicted molar refractivity (Wildman–Crippen MR) is 121 cm³/mol. The average Bonchev–Trinajstić information content (AvgIpc) is 3.13. The number of likely N-dealkylation sites (N-methyl/N-ethyl adjacent to an activating group) is 1. The van der Waals surface area contributed by atoms with Crippen molar-refractivity contribution in [2.75, 3.05) is 20.1 Å². The van der Waals surface area contributed by atoms with E-state index >= 15 is 0 Å². The van der Waals surface area contributed by atoms with Crippen LogP contribution in [0.25, 0.3) is 0 Å². The summed E-state index contributed by atoms with van der Waals surface area (Å²) in [5, 5.41) is 34.0. The molecule has 1 amide bonds. The van der Waals surface area contributed by atoms with Crippen LogP contribution in [0.15, 0.2) is 24.0 Å². The van der Waals surface area contributed by atoms with Gasteiger partial charge in [0.05, 0.1) is 36.6 Å². The van der Waals surface area contributed by atoms with Crippen LogP contribution in [0, 0.1) is 0 Å². The first kappa shape index (κ1) is 23.3. The number of rotatable bonds is 7. The molecule has 0 radical (unpaired) electrons. The summed E-state index contributed by atoms with van der Waals surface area (Å²) in [6.45, 7) is 2.21. The highest BCUT2D eigenvalue weighted by molar-refractivity contribution is 5.77. The molecule has 2 heterocycles. The van der Waals surface area contributed by atoms with Gasteiger partial charge in [0.2, 0.25) is 5.91 Å². The molecule has 4 aliphatic rings. The van der Waals surface area contributed by atoms with E-state index in [0.29, 0.717) is 36.3 Å². The molecule has 5 atom stereocenters. The van der Waals surface area contributed by atoms with Crippen molar-refractivity contribution < 1.29 is 34.4 Å². The molecule has 9 heteroatoms. The number of hydrogen-bond donors (Lipinski definition) is 4. The van der Waals surface area contributed by atoms with Crippen LogP contribution in [0.2, 0.25) is 0 Å². The number of aliphatic hydroxyl groups excluding tert-OH is 2. The SMILES string of the molecule is C[C@@H](O)CC(=O)NCCC(=O)OC1=CC[C@@]2(O)[C@H]3Cc4ccc(CO)c5c4C2(CCN3C)C1O5. The Hall–Kier alpha value is -2.46. The van der Waals surface area contributed by atoms with E-state index in [2.05, 4.69) is 10.2 Å². The molecule has 184 valence electrons. The van der Waals surface area contributed by atoms with Gasteiger partial charge in [0, 0.05) is 30.1 Å². The lowest BCUT2D eigenvalue weighted by atomic mass is 9.50. The summed E-state index contributed by atoms with van der Waals surface area (Å²) in [5.74, 6) is 0.136. The maximum absolute atomic E-state index is 12.6. The fraction of sp³-hybridized carbons (Fsp3) is 0.600. The minimum Gasteiger partial charge on any atom is -0.481 e. The molecule has 2 aliphatic heterocycles. The van der Waals surface area contributed by atoms with Crippen molar-refractivity contribution in [2.45, 2.75) is 74.9 Å². The lowest BCUT2D eigenvalue weighted by Crippen LogP contribution is -2.74. The van der Waals surface area contributed by atoms with Crippen LogP contribution >= 0.6 is 0 Å². The standard InChI is InChI=1S/C25H32N2O7/c1-14(29)11-19(30)26-9-6-20(31)33-17-5-7-25(32)18-12-15-3-4-16(13-28)22-21(15)24(25,23(17)34-22)8-10-27(18)2/h3-5,14,18,23,28-29,32H,6-13H2,1-2H3,(H,26,30)/t14-,18-,23?,24?,25-/m1/s1. The number of aliphatic hydroxyl groups is 3. The Kier molecular flexibility index (Phi) is 5.71. The molecule has 1 aromatic rings. The van der Waals surface area contributed by atoms with Crippen molar-refractivity contribution >= 4 is 11.9 Å². The molecule has 2 unspecified atom stereocenters. The number of carbonyl (C=O) groups is 2. The number of benzene rings is 1. The first-order valence-electron chi connectivity index (χ1n) is 11.9. The van der Waals surface area contributed by atoms with E-state index in [-0.39, 0.29) is 37.9 Å². The zero-order valence-electron chi connectivity index (χ0n) is 19.5. The van der Waals surface area contributed by atoms with Crippen LogP contribution in [-0.2, 0) is 32.8 Å². The minimum atomic E-state index is -1.08. The molecule has 9 nitrogen and oxygen atoms in total. The molecule has 34 heavy (non-hydrogen) atoms. The summed E-state index contributed by atoms with van der Waals surface area (Å²) < 4.78 is 12.2. The van der Waals surface area contributed by atoms with Crippen LogP contribution in [0.1, 0.15) is 49.3 Å². The van der Waals surface area contributed by atoms with Crippen molar-refractivity contribution in [3.8, 4) is 5.75 Å². The molecule has 1 aromatic carbocycles. The minimum absolute atomic E-state index is 0.0272. The summed E-state index contributed by atoms with van der Waals surface area (Å²) in [6.07, 6.45) is 1.94. The Morgan fingerprint density at radius 1 is 1.38 bits per heavy atom. The number of hydrogen-bond acceptors (Lipinski definition) is 8. The van der Waals surface area contributed by atoms with Gasteiger partial charge in [0.25, 0.3) is 0 Å². The fourth-order valence-corrected chi connectivity index (χ4v) is 6.46. The lowest BCUT2D eigenvalue weighted by Gasteiger charge is -2.61. The van der Waals surface area contributed by atoms with E-state index in [1.165, 1.54) is 6.92 Å². The second-order valence-corrected chi connectivity index (χ2v) is 10.0. The Balaban J connectivity index is 1.42. The summed E-state index contributed by atoms with van der Waals surface area (Å²) in [5.41, 5.74) is 0.872. The van der Waals surface area contributed by atoms with Crippen LogP contribution in [0.3, 0.4) is 0 Å². The molecule has 1 saturated heterocycles. The van der Waals surface area contributed by atoms with Crippen molar-refractivity contribution in [1.82, 2.24) is 10.2 Å². The molecule has 5 rings (SSSR count). The van der Waals surface area contributed by atoms with Gasteiger partial charge in [0.1, 0.15) is 11.5 Å². The van der Waals surface area contributed by atoms with Crippen LogP contribution < -0.4 is 10.1 Å². The number of ether oxygens (including phenoxy) is 2. The second kappa shape index (κ2) is 8.34. The molecule has 0 aromatic heterocycles. The van der Waals surface area contributed by atoms with Crippen molar-refractivity contribution in [2.24, 2.45) is 0 Å². The first-order valence-corrected chi connectivity index (χ1v) is 11.9. The molecule has 2 bridgehead atoms. The first-order chi connectivity index (χ1) is 16.2. The number of piperidine rings is 1. The topological polar surface area (TPSA) is 129 Å². The van der Waals surface area contributed by atoms with Gasteiger partial charge in [-0.1, -0.05) is 12.1 Å². The Labute approximate surface area is 198 Å². The maximum Gasteiger partial charge on any atom is 0.312 e. The zero-order chi connectivity index (χ0) is 24.3. The number of nitrogens with one attached hydrogen (secondary N) is 1. The number of carbonyl (C=O) groups excluding carboxylic acids is 2. The van der Waals surface area contributed by atoms with Gasteiger partial charge in [-0.2, -0.15) is 0 Å². The Morgan fingerprint density at radius 3 is 2.91 bits per heavy atom. The van der Waals surface area contributed by atoms with Gasteiger partial charge in [-0.25, -0.2) is 0 Å². The van der Waals surface area contributed by atoms with Gasteiger partial charge in [0.15, 0.2) is 6.10 Å². The van der Waals surface area contributed by atoms with Gasteiger partial charge in [-0.05, 0) is 45.0 Å². The summed E-state index contributed by atoms with van der Waals surface area (Å²) >= 11 is 0. The lowest BCUT2D eigenvalue weighted by molar-refractivity contribution is -0.169. The Morgan fingerprint density at radius 2 is 2.18 bits per heavy atom. The van der Waals surface area contributed by atoms with Crippen LogP contribution in [0.4, 0.5) is 0 Å². The molecule has 2 aliphatic carbocycles. The summed E-state index contributed by atoms with van der Waals surface area (Å²) in [7, 11) is 2.03. The van der Waals surface area contributed by atoms with Gasteiger partial charge in [-0.3, -0.25) is 9.59 Å². The van der Waals surface area contributed by atoms with Crippen molar-refractivity contribution in [1.29, 1.82) is 0 Å². The molecule has 1 fully saturated rings. The van der Waals surface area contributed by atoms with Gasteiger partial charge >= 0.3 is 5.97 Å². The van der Waals surface area contributed by atoms with E-state index in [0.717, 1.165) is 17.7 Å². The second-order valence-electron chi connectivity index (χ2n) is 10.0. The Bertz CT molecular complexity index is 1050. The summed E-state index contributed by atoms with van der Waals surface area (Å²) in [4.78, 5) is 26.5. The van der Waals surface area contributed by atoms with Gasteiger partial charge < -0.3 is 35.0 Å². The third-order valence-corrected chi connectivity index (χ3v) is 7.99. The number of amides is 1. The molecular formula is C25H32N2O7. The molecule has 4 N–H and O–H groups in total. The highest BCUT2D eigenvalue weighted by Crippen LogP contribution is 2.64. The molecule has 1 spiro atoms. The summed E-state index contributed by atoms with van der Waals surface area (Å²) in [6, 6.07) is 3.79. The normalized spacial score (nSPS) is 31.7. The average molecular weight is 473 g/mol. The highest BCUT2D eigenvalue weighted by Gasteiger charge is 2.71. The monoisotopic (exact) mass is 472 g/mol. The molecular weight excluding hydrogens is 440 g/mol. The number of likely N-dealkylation sites (tertiary alicyclic amines) is 1. The smallest absolute Gasteiger partial charge is 0.312 e. The third-order valence-electron chi connectivity index (χ3n) is 7.99. The number of nitrogens with zero attached hydrogens (tertiary/aromatic N) is 1. The predicted octanol–water partition coefficient (Wildman–Crippen LogP) is 0.277. The molecule has 0 saturated carbocycles. The maximum atomic E-state index is 12.6. The van der Waals surface area contributed by atoms with E-state index < -0.39 is 29.2 Å². The van der Waals surface area contributed by atoms with Crippen molar-refractivity contribution in [3.05, 3.63) is 40.7 Å². The third kappa shape index (κ3) is 3.29. The highest BCUT2D eigenvalue weighted by atomic mass is 16.6. The number of esters is 1. The van der Waals surface area contributed by atoms with Crippen LogP contribution in [-0.4, -0.2) is 76.1 Å². The quantitative estimate of drug-likeness (QED) is 0.417. The fourth-order valence-electron chi connectivity index (χ4n) is 6.46. The van der Waals surface area contributed by atoms with Gasteiger partial charge in [-0.15, -0.1) is 0 Å². The van der Waals surface area contributed by atoms with E-state index in [1.807, 2.05) is 19.2 Å². The van der Waals surface area contributed by atoms with E-state index in [9.17, 15) is 24.9 Å². The van der Waals surface area contributed by atoms with E-state index in [4.69, 9.17) is 9.47 Å². The largest absolute Gasteiger partial charge is 0.481 e. The zero-order valence-corrected chi connectivity index (χ0v) is 19.5.